The summed E-state index contributed by atoms with van der Waals surface area (Å²) in [6.45, 7) is 2.15. The minimum atomic E-state index is -0.488. The van der Waals surface area contributed by atoms with Crippen molar-refractivity contribution >= 4 is 28.5 Å². The molecule has 1 saturated heterocycles. The van der Waals surface area contributed by atoms with E-state index in [4.69, 9.17) is 14.5 Å². The van der Waals surface area contributed by atoms with Gasteiger partial charge in [0.2, 0.25) is 0 Å². The van der Waals surface area contributed by atoms with E-state index in [1.54, 1.807) is 17.0 Å². The predicted molar refractivity (Wildman–Crippen MR) is 150 cm³/mol. The smallest absolute Gasteiger partial charge is 0.270 e. The van der Waals surface area contributed by atoms with Crippen LogP contribution in [0, 0.1) is 10.1 Å². The Labute approximate surface area is 230 Å². The lowest BCUT2D eigenvalue weighted by Gasteiger charge is -2.24. The first-order valence-corrected chi connectivity index (χ1v) is 13.1. The second-order valence-corrected chi connectivity index (χ2v) is 9.64. The van der Waals surface area contributed by atoms with E-state index in [9.17, 15) is 14.9 Å². The van der Waals surface area contributed by atoms with E-state index >= 15 is 0 Å². The molecule has 0 spiro atoms. The van der Waals surface area contributed by atoms with Crippen molar-refractivity contribution in [3.63, 3.8) is 0 Å². The van der Waals surface area contributed by atoms with E-state index in [1.807, 2.05) is 60.7 Å². The molecule has 0 atom stereocenters. The molecular weight excluding hydrogens is 508 g/mol. The van der Waals surface area contributed by atoms with Crippen LogP contribution in [-0.2, 0) is 6.42 Å². The molecule has 1 fully saturated rings. The van der Waals surface area contributed by atoms with E-state index < -0.39 is 4.92 Å². The van der Waals surface area contributed by atoms with Crippen LogP contribution in [0.25, 0.3) is 22.4 Å². The molecule has 0 radical (unpaired) electrons. The number of nitrogens with zero attached hydrogens (tertiary/aromatic N) is 6. The van der Waals surface area contributed by atoms with Gasteiger partial charge < -0.3 is 14.3 Å². The number of carbonyl (C=O) groups is 1. The molecule has 0 bridgehead atoms. The van der Waals surface area contributed by atoms with Gasteiger partial charge in [0.25, 0.3) is 17.3 Å². The predicted octanol–water partition coefficient (Wildman–Crippen LogP) is 5.14. The number of carbonyl (C=O) groups excluding carboxylic acids is 1. The third-order valence-electron chi connectivity index (χ3n) is 7.00. The molecule has 5 aromatic rings. The van der Waals surface area contributed by atoms with Gasteiger partial charge in [0.05, 0.1) is 4.92 Å². The molecular formula is C30H26N6O4. The Kier molecular flexibility index (Phi) is 6.88. The third kappa shape index (κ3) is 5.11. The van der Waals surface area contributed by atoms with Crippen molar-refractivity contribution in [2.75, 3.05) is 31.1 Å². The van der Waals surface area contributed by atoms with E-state index in [1.165, 1.54) is 12.1 Å². The largest absolute Gasteiger partial charge is 0.354 e. The van der Waals surface area contributed by atoms with Crippen LogP contribution in [-0.4, -0.2) is 57.0 Å². The van der Waals surface area contributed by atoms with Gasteiger partial charge in [0.1, 0.15) is 22.7 Å². The molecule has 1 amide bonds. The first-order valence-electron chi connectivity index (χ1n) is 13.1. The second-order valence-electron chi connectivity index (χ2n) is 9.64. The Balaban J connectivity index is 1.34. The van der Waals surface area contributed by atoms with Gasteiger partial charge in [-0.2, -0.15) is 4.98 Å². The van der Waals surface area contributed by atoms with Gasteiger partial charge in [-0.05, 0) is 18.1 Å². The number of hydrogen-bond acceptors (Lipinski definition) is 8. The van der Waals surface area contributed by atoms with Gasteiger partial charge in [-0.1, -0.05) is 71.9 Å². The average molecular weight is 535 g/mol. The number of fused-ring (bicyclic) bond motifs is 1. The van der Waals surface area contributed by atoms with Gasteiger partial charge >= 0.3 is 0 Å². The number of anilines is 1. The Morgan fingerprint density at radius 1 is 0.900 bits per heavy atom. The number of nitro groups is 1. The summed E-state index contributed by atoms with van der Waals surface area (Å²) in [7, 11) is 0. The van der Waals surface area contributed by atoms with Gasteiger partial charge in [-0.25, -0.2) is 4.98 Å². The first-order chi connectivity index (χ1) is 19.6. The van der Waals surface area contributed by atoms with Crippen molar-refractivity contribution in [2.24, 2.45) is 0 Å². The number of amides is 1. The molecule has 0 unspecified atom stereocenters. The maximum Gasteiger partial charge on any atom is 0.270 e. The fourth-order valence-corrected chi connectivity index (χ4v) is 5.03. The van der Waals surface area contributed by atoms with Gasteiger partial charge in [-0.3, -0.25) is 14.9 Å². The molecule has 3 heterocycles. The minimum absolute atomic E-state index is 0.0995. The highest BCUT2D eigenvalue weighted by atomic mass is 16.6. The van der Waals surface area contributed by atoms with Crippen LogP contribution in [0.1, 0.15) is 28.2 Å². The Bertz CT molecular complexity index is 1670. The average Bonchev–Trinajstić information content (AvgIpc) is 3.26. The number of aromatic nitrogens is 3. The molecule has 1 aliphatic rings. The Morgan fingerprint density at radius 3 is 2.45 bits per heavy atom. The van der Waals surface area contributed by atoms with Crippen LogP contribution in [0.2, 0.25) is 0 Å². The highest BCUT2D eigenvalue weighted by Gasteiger charge is 2.26. The highest BCUT2D eigenvalue weighted by molar-refractivity contribution is 5.98. The Morgan fingerprint density at radius 2 is 1.68 bits per heavy atom. The van der Waals surface area contributed by atoms with Crippen molar-refractivity contribution < 1.29 is 14.2 Å². The molecule has 0 N–H and O–H groups in total. The standard InChI is InChI=1S/C30H26N6O4/c37-30(23-13-7-14-24(20-23)36(38)39)35-16-8-15-34(17-18-35)28-26-27(22-11-5-2-6-12-22)33-40-29(26)32-25(31-28)19-21-9-3-1-4-10-21/h1-7,9-14,20H,8,15-19H2. The fourth-order valence-electron chi connectivity index (χ4n) is 5.03. The molecule has 0 aliphatic carbocycles. The van der Waals surface area contributed by atoms with Crippen molar-refractivity contribution in [1.82, 2.24) is 20.0 Å². The van der Waals surface area contributed by atoms with E-state index in [0.29, 0.717) is 61.8 Å². The topological polar surface area (TPSA) is 118 Å². The summed E-state index contributed by atoms with van der Waals surface area (Å²) in [5.74, 6) is 1.12. The Hall–Kier alpha value is -5.12. The summed E-state index contributed by atoms with van der Waals surface area (Å²) in [5, 5.41) is 16.3. The number of benzene rings is 3. The van der Waals surface area contributed by atoms with Gasteiger partial charge in [0.15, 0.2) is 0 Å². The normalized spacial score (nSPS) is 13.8. The lowest BCUT2D eigenvalue weighted by Crippen LogP contribution is -2.35. The monoisotopic (exact) mass is 534 g/mol. The summed E-state index contributed by atoms with van der Waals surface area (Å²) in [6, 6.07) is 25.7. The first kappa shape index (κ1) is 25.2. The zero-order valence-corrected chi connectivity index (χ0v) is 21.6. The molecule has 1 aliphatic heterocycles. The van der Waals surface area contributed by atoms with E-state index in [0.717, 1.165) is 22.3 Å². The van der Waals surface area contributed by atoms with Crippen LogP contribution in [0.4, 0.5) is 11.5 Å². The van der Waals surface area contributed by atoms with E-state index in [-0.39, 0.29) is 11.6 Å². The third-order valence-corrected chi connectivity index (χ3v) is 7.00. The molecule has 10 nitrogen and oxygen atoms in total. The molecule has 40 heavy (non-hydrogen) atoms. The lowest BCUT2D eigenvalue weighted by molar-refractivity contribution is -0.384. The maximum atomic E-state index is 13.3. The second kappa shape index (κ2) is 10.9. The molecule has 200 valence electrons. The number of rotatable bonds is 6. The molecule has 6 rings (SSSR count). The van der Waals surface area contributed by atoms with E-state index in [2.05, 4.69) is 10.1 Å². The van der Waals surface area contributed by atoms with Crippen molar-refractivity contribution in [3.8, 4) is 11.3 Å². The van der Waals surface area contributed by atoms with Crippen LogP contribution in [0.5, 0.6) is 0 Å². The van der Waals surface area contributed by atoms with Crippen LogP contribution < -0.4 is 4.90 Å². The fraction of sp³-hybridized carbons (Fsp3) is 0.200. The number of non-ortho nitro benzene ring substituents is 1. The zero-order valence-electron chi connectivity index (χ0n) is 21.6. The molecule has 2 aromatic heterocycles. The summed E-state index contributed by atoms with van der Waals surface area (Å²) < 4.78 is 5.74. The minimum Gasteiger partial charge on any atom is -0.354 e. The zero-order chi connectivity index (χ0) is 27.5. The van der Waals surface area contributed by atoms with Gasteiger partial charge in [-0.15, -0.1) is 0 Å². The molecule has 3 aromatic carbocycles. The van der Waals surface area contributed by atoms with Crippen molar-refractivity contribution in [1.29, 1.82) is 0 Å². The summed E-state index contributed by atoms with van der Waals surface area (Å²) >= 11 is 0. The maximum absolute atomic E-state index is 13.3. The van der Waals surface area contributed by atoms with Crippen LogP contribution in [0.15, 0.2) is 89.5 Å². The highest BCUT2D eigenvalue weighted by Crippen LogP contribution is 2.34. The number of nitro benzene ring substituents is 1. The molecule has 10 heteroatoms. The number of hydrogen-bond donors (Lipinski definition) is 0. The van der Waals surface area contributed by atoms with Crippen LogP contribution >= 0.6 is 0 Å². The summed E-state index contributed by atoms with van der Waals surface area (Å²) in [6.07, 6.45) is 1.24. The summed E-state index contributed by atoms with van der Waals surface area (Å²) in [4.78, 5) is 37.6. The lowest BCUT2D eigenvalue weighted by atomic mass is 10.1. The summed E-state index contributed by atoms with van der Waals surface area (Å²) in [5.41, 5.74) is 3.29. The van der Waals surface area contributed by atoms with Crippen molar-refractivity contribution in [2.45, 2.75) is 12.8 Å². The SMILES string of the molecule is O=C(c1cccc([N+](=O)[O-])c1)N1CCCN(c2nc(Cc3ccccc3)nc3onc(-c4ccccc4)c23)CC1. The quantitative estimate of drug-likeness (QED) is 0.217. The van der Waals surface area contributed by atoms with Crippen molar-refractivity contribution in [3.05, 3.63) is 112 Å². The van der Waals surface area contributed by atoms with Crippen LogP contribution in [0.3, 0.4) is 0 Å². The molecule has 0 saturated carbocycles. The van der Waals surface area contributed by atoms with Gasteiger partial charge in [0, 0.05) is 55.9 Å².